The zero-order valence-electron chi connectivity index (χ0n) is 12.7. The summed E-state index contributed by atoms with van der Waals surface area (Å²) in [7, 11) is 0. The van der Waals surface area contributed by atoms with E-state index in [4.69, 9.17) is 9.47 Å². The van der Waals surface area contributed by atoms with Crippen molar-refractivity contribution in [1.82, 2.24) is 4.90 Å². The number of nitrogens with zero attached hydrogens (tertiary/aromatic N) is 1. The van der Waals surface area contributed by atoms with Gasteiger partial charge in [-0.2, -0.15) is 0 Å². The molecule has 0 radical (unpaired) electrons. The van der Waals surface area contributed by atoms with Gasteiger partial charge in [0.1, 0.15) is 11.6 Å². The van der Waals surface area contributed by atoms with Gasteiger partial charge >= 0.3 is 5.97 Å². The minimum absolute atomic E-state index is 0.0188. The van der Waals surface area contributed by atoms with Crippen molar-refractivity contribution >= 4 is 11.9 Å². The van der Waals surface area contributed by atoms with Gasteiger partial charge in [0.15, 0.2) is 0 Å². The van der Waals surface area contributed by atoms with Crippen molar-refractivity contribution in [3.05, 3.63) is 0 Å². The molecular weight excluding hydrogens is 258 g/mol. The van der Waals surface area contributed by atoms with Crippen molar-refractivity contribution in [2.24, 2.45) is 0 Å². The first-order valence-corrected chi connectivity index (χ1v) is 7.51. The molecule has 2 rings (SSSR count). The van der Waals surface area contributed by atoms with E-state index in [1.165, 1.54) is 0 Å². The lowest BCUT2D eigenvalue weighted by Crippen LogP contribution is -2.44. The Morgan fingerprint density at radius 3 is 2.60 bits per heavy atom. The van der Waals surface area contributed by atoms with E-state index in [2.05, 4.69) is 0 Å². The highest BCUT2D eigenvalue weighted by Gasteiger charge is 2.37. The molecule has 2 fully saturated rings. The molecule has 0 aliphatic carbocycles. The Balaban J connectivity index is 1.92. The predicted octanol–water partition coefficient (Wildman–Crippen LogP) is 1.89. The van der Waals surface area contributed by atoms with Crippen LogP contribution in [0.2, 0.25) is 0 Å². The Morgan fingerprint density at radius 1 is 1.25 bits per heavy atom. The van der Waals surface area contributed by atoms with Crippen LogP contribution in [0, 0.1) is 0 Å². The second kappa shape index (κ2) is 6.12. The molecular formula is C15H25NO4. The Labute approximate surface area is 120 Å². The Morgan fingerprint density at radius 2 is 2.00 bits per heavy atom. The fourth-order valence-corrected chi connectivity index (χ4v) is 2.80. The largest absolute Gasteiger partial charge is 0.458 e. The van der Waals surface area contributed by atoms with Crippen LogP contribution in [0.25, 0.3) is 0 Å². The molecule has 5 heteroatoms. The quantitative estimate of drug-likeness (QED) is 0.742. The number of amides is 1. The second-order valence-electron chi connectivity index (χ2n) is 6.62. The van der Waals surface area contributed by atoms with E-state index in [1.54, 1.807) is 4.90 Å². The Kier molecular flexibility index (Phi) is 4.68. The lowest BCUT2D eigenvalue weighted by Gasteiger charge is -2.28. The third kappa shape index (κ3) is 3.95. The highest BCUT2D eigenvalue weighted by molar-refractivity contribution is 5.85. The van der Waals surface area contributed by atoms with Gasteiger partial charge < -0.3 is 14.4 Å². The summed E-state index contributed by atoms with van der Waals surface area (Å²) in [6.07, 6.45) is 3.94. The van der Waals surface area contributed by atoms with Crippen LogP contribution in [0.3, 0.4) is 0 Å². The monoisotopic (exact) mass is 283 g/mol. The van der Waals surface area contributed by atoms with Gasteiger partial charge in [0.2, 0.25) is 5.91 Å². The van der Waals surface area contributed by atoms with Crippen LogP contribution in [-0.2, 0) is 19.1 Å². The number of carbonyl (C=O) groups is 2. The number of rotatable bonds is 3. The van der Waals surface area contributed by atoms with Crippen molar-refractivity contribution in [2.45, 2.75) is 70.6 Å². The van der Waals surface area contributed by atoms with Crippen molar-refractivity contribution in [2.75, 3.05) is 13.2 Å². The fourth-order valence-electron chi connectivity index (χ4n) is 2.80. The van der Waals surface area contributed by atoms with Gasteiger partial charge in [-0.1, -0.05) is 0 Å². The minimum Gasteiger partial charge on any atom is -0.458 e. The Bertz CT molecular complexity index is 369. The number of hydrogen-bond donors (Lipinski definition) is 0. The van der Waals surface area contributed by atoms with Crippen LogP contribution in [0.4, 0.5) is 0 Å². The van der Waals surface area contributed by atoms with E-state index in [0.717, 1.165) is 25.9 Å². The number of esters is 1. The molecule has 2 aliphatic rings. The van der Waals surface area contributed by atoms with Crippen LogP contribution in [0.1, 0.15) is 52.9 Å². The first kappa shape index (κ1) is 15.3. The molecule has 20 heavy (non-hydrogen) atoms. The summed E-state index contributed by atoms with van der Waals surface area (Å²) in [5.74, 6) is -0.263. The molecule has 0 spiro atoms. The summed E-state index contributed by atoms with van der Waals surface area (Å²) >= 11 is 0. The van der Waals surface area contributed by atoms with Crippen LogP contribution in [0.5, 0.6) is 0 Å². The summed E-state index contributed by atoms with van der Waals surface area (Å²) in [6, 6.07) is -0.414. The summed E-state index contributed by atoms with van der Waals surface area (Å²) in [5, 5.41) is 0. The summed E-state index contributed by atoms with van der Waals surface area (Å²) < 4.78 is 10.9. The molecule has 0 N–H and O–H groups in total. The molecule has 5 nitrogen and oxygen atoms in total. The molecule has 2 aliphatic heterocycles. The third-order valence-corrected chi connectivity index (χ3v) is 3.68. The molecule has 114 valence electrons. The molecule has 0 aromatic heterocycles. The van der Waals surface area contributed by atoms with Crippen LogP contribution >= 0.6 is 0 Å². The number of carbonyl (C=O) groups excluding carboxylic acids is 2. The highest BCUT2D eigenvalue weighted by atomic mass is 16.6. The first-order chi connectivity index (χ1) is 9.37. The predicted molar refractivity (Wildman–Crippen MR) is 74.2 cm³/mol. The maximum Gasteiger partial charge on any atom is 0.329 e. The molecule has 1 amide bonds. The van der Waals surface area contributed by atoms with Crippen molar-refractivity contribution in [1.29, 1.82) is 0 Å². The number of ether oxygens (including phenoxy) is 2. The van der Waals surface area contributed by atoms with Crippen molar-refractivity contribution in [3.63, 3.8) is 0 Å². The maximum absolute atomic E-state index is 12.3. The van der Waals surface area contributed by atoms with Gasteiger partial charge in [-0.3, -0.25) is 4.79 Å². The van der Waals surface area contributed by atoms with E-state index in [-0.39, 0.29) is 18.0 Å². The normalized spacial score (nSPS) is 26.9. The Hall–Kier alpha value is -1.10. The van der Waals surface area contributed by atoms with Crippen LogP contribution in [-0.4, -0.2) is 47.7 Å². The molecule has 0 saturated carbocycles. The van der Waals surface area contributed by atoms with E-state index in [0.29, 0.717) is 19.4 Å². The molecule has 2 heterocycles. The molecule has 1 unspecified atom stereocenters. The van der Waals surface area contributed by atoms with Crippen molar-refractivity contribution in [3.8, 4) is 0 Å². The zero-order valence-corrected chi connectivity index (χ0v) is 12.7. The minimum atomic E-state index is -0.511. The third-order valence-electron chi connectivity index (χ3n) is 3.68. The molecule has 2 saturated heterocycles. The van der Waals surface area contributed by atoms with Crippen LogP contribution in [0.15, 0.2) is 0 Å². The average molecular weight is 283 g/mol. The lowest BCUT2D eigenvalue weighted by molar-refractivity contribution is -0.163. The van der Waals surface area contributed by atoms with Gasteiger partial charge in [-0.05, 0) is 46.5 Å². The fraction of sp³-hybridized carbons (Fsp3) is 0.867. The van der Waals surface area contributed by atoms with Gasteiger partial charge in [0.25, 0.3) is 0 Å². The lowest BCUT2D eigenvalue weighted by atomic mass is 10.1. The van der Waals surface area contributed by atoms with Gasteiger partial charge in [-0.25, -0.2) is 4.79 Å². The SMILES string of the molecule is CC(C)(C)OC(=O)[C@H]1CCCN1C(=O)CC1CCCO1. The summed E-state index contributed by atoms with van der Waals surface area (Å²) in [4.78, 5) is 26.2. The molecule has 0 aromatic carbocycles. The number of likely N-dealkylation sites (tertiary alicyclic amines) is 1. The second-order valence-corrected chi connectivity index (χ2v) is 6.62. The summed E-state index contributed by atoms with van der Waals surface area (Å²) in [6.45, 7) is 6.93. The van der Waals surface area contributed by atoms with Crippen molar-refractivity contribution < 1.29 is 19.1 Å². The molecule has 0 aromatic rings. The highest BCUT2D eigenvalue weighted by Crippen LogP contribution is 2.24. The zero-order chi connectivity index (χ0) is 14.8. The smallest absolute Gasteiger partial charge is 0.329 e. The average Bonchev–Trinajstić information content (AvgIpc) is 2.96. The van der Waals surface area contributed by atoms with E-state index < -0.39 is 11.6 Å². The van der Waals surface area contributed by atoms with Gasteiger partial charge in [0.05, 0.1) is 12.5 Å². The topological polar surface area (TPSA) is 55.8 Å². The van der Waals surface area contributed by atoms with Gasteiger partial charge in [-0.15, -0.1) is 0 Å². The first-order valence-electron chi connectivity index (χ1n) is 7.51. The summed E-state index contributed by atoms with van der Waals surface area (Å²) in [5.41, 5.74) is -0.511. The van der Waals surface area contributed by atoms with E-state index in [1.807, 2.05) is 20.8 Å². The molecule has 2 atom stereocenters. The van der Waals surface area contributed by atoms with E-state index in [9.17, 15) is 9.59 Å². The standard InChI is InChI=1S/C15H25NO4/c1-15(2,3)20-14(18)12-7-4-8-16(12)13(17)10-11-6-5-9-19-11/h11-12H,4-10H2,1-3H3/t11?,12-/m1/s1. The number of hydrogen-bond acceptors (Lipinski definition) is 4. The maximum atomic E-state index is 12.3. The van der Waals surface area contributed by atoms with E-state index >= 15 is 0 Å². The van der Waals surface area contributed by atoms with Gasteiger partial charge in [0, 0.05) is 13.2 Å². The van der Waals surface area contributed by atoms with Crippen LogP contribution < -0.4 is 0 Å². The molecule has 0 bridgehead atoms.